The average Bonchev–Trinajstić information content (AvgIpc) is 3.25. The first-order valence-corrected chi connectivity index (χ1v) is 8.15. The van der Waals surface area contributed by atoms with Crippen molar-refractivity contribution in [2.24, 2.45) is 5.92 Å². The van der Waals surface area contributed by atoms with Crippen LogP contribution < -0.4 is 10.2 Å². The van der Waals surface area contributed by atoms with E-state index in [-0.39, 0.29) is 0 Å². The number of ether oxygens (including phenoxy) is 1. The third kappa shape index (κ3) is 3.96. The third-order valence-electron chi connectivity index (χ3n) is 4.03. The minimum atomic E-state index is 0.580. The minimum absolute atomic E-state index is 0.580. The first-order chi connectivity index (χ1) is 9.67. The van der Waals surface area contributed by atoms with E-state index >= 15 is 0 Å². The Kier molecular flexibility index (Phi) is 5.87. The van der Waals surface area contributed by atoms with Crippen molar-refractivity contribution in [3.8, 4) is 0 Å². The number of halogens is 1. The molecule has 1 aliphatic carbocycles. The number of hydrogen-bond donors (Lipinski definition) is 1. The van der Waals surface area contributed by atoms with Gasteiger partial charge in [0, 0.05) is 30.7 Å². The van der Waals surface area contributed by atoms with Crippen LogP contribution in [0.4, 0.5) is 5.69 Å². The van der Waals surface area contributed by atoms with Crippen LogP contribution in [0.25, 0.3) is 0 Å². The summed E-state index contributed by atoms with van der Waals surface area (Å²) in [7, 11) is 3.74. The molecule has 0 bridgehead atoms. The van der Waals surface area contributed by atoms with E-state index in [2.05, 4.69) is 51.3 Å². The van der Waals surface area contributed by atoms with Gasteiger partial charge in [-0.15, -0.1) is 0 Å². The Bertz CT molecular complexity index is 434. The van der Waals surface area contributed by atoms with Gasteiger partial charge in [0.15, 0.2) is 0 Å². The lowest BCUT2D eigenvalue weighted by molar-refractivity contribution is 0.202. The van der Waals surface area contributed by atoms with Crippen LogP contribution in [-0.2, 0) is 11.3 Å². The molecule has 0 radical (unpaired) electrons. The highest BCUT2D eigenvalue weighted by Crippen LogP contribution is 2.38. The zero-order valence-electron chi connectivity index (χ0n) is 12.7. The standard InChI is InChI=1S/C16H25BrN2O/c1-12(14-5-6-14)19(8-9-20-3)16-7-4-13(11-18-2)10-15(16)17/h4,7,10,12,14,18H,5-6,8-9,11H2,1-3H3. The van der Waals surface area contributed by atoms with Gasteiger partial charge in [0.05, 0.1) is 12.3 Å². The Morgan fingerprint density at radius 2 is 2.20 bits per heavy atom. The fourth-order valence-corrected chi connectivity index (χ4v) is 3.32. The maximum Gasteiger partial charge on any atom is 0.0637 e. The van der Waals surface area contributed by atoms with E-state index in [4.69, 9.17) is 4.74 Å². The molecule has 0 aromatic heterocycles. The highest BCUT2D eigenvalue weighted by Gasteiger charge is 2.32. The molecule has 0 saturated heterocycles. The van der Waals surface area contributed by atoms with Gasteiger partial charge < -0.3 is 15.0 Å². The van der Waals surface area contributed by atoms with Crippen molar-refractivity contribution in [2.75, 3.05) is 32.2 Å². The van der Waals surface area contributed by atoms with Gasteiger partial charge in [0.2, 0.25) is 0 Å². The van der Waals surface area contributed by atoms with Gasteiger partial charge in [0.1, 0.15) is 0 Å². The first-order valence-electron chi connectivity index (χ1n) is 7.36. The number of benzene rings is 1. The number of nitrogens with one attached hydrogen (secondary N) is 1. The molecule has 1 aliphatic rings. The molecule has 1 N–H and O–H groups in total. The second kappa shape index (κ2) is 7.43. The minimum Gasteiger partial charge on any atom is -0.383 e. The SMILES string of the molecule is CNCc1ccc(N(CCOC)C(C)C2CC2)c(Br)c1. The number of nitrogens with zero attached hydrogens (tertiary/aromatic N) is 1. The lowest BCUT2D eigenvalue weighted by atomic mass is 10.1. The summed E-state index contributed by atoms with van der Waals surface area (Å²) >= 11 is 3.74. The van der Waals surface area contributed by atoms with Crippen LogP contribution in [0.5, 0.6) is 0 Å². The fraction of sp³-hybridized carbons (Fsp3) is 0.625. The third-order valence-corrected chi connectivity index (χ3v) is 4.67. The predicted molar refractivity (Wildman–Crippen MR) is 88.3 cm³/mol. The summed E-state index contributed by atoms with van der Waals surface area (Å²) in [6.45, 7) is 4.94. The van der Waals surface area contributed by atoms with Crippen LogP contribution >= 0.6 is 15.9 Å². The van der Waals surface area contributed by atoms with Crippen molar-refractivity contribution in [1.82, 2.24) is 5.32 Å². The number of anilines is 1. The molecule has 2 rings (SSSR count). The molecule has 1 aromatic carbocycles. The monoisotopic (exact) mass is 340 g/mol. The Labute approximate surface area is 130 Å². The summed E-state index contributed by atoms with van der Waals surface area (Å²) in [5, 5.41) is 3.19. The molecular formula is C16H25BrN2O. The summed E-state index contributed by atoms with van der Waals surface area (Å²) in [5.74, 6) is 0.843. The molecule has 1 aromatic rings. The van der Waals surface area contributed by atoms with Crippen molar-refractivity contribution in [3.05, 3.63) is 28.2 Å². The van der Waals surface area contributed by atoms with E-state index in [1.165, 1.54) is 28.6 Å². The van der Waals surface area contributed by atoms with Crippen molar-refractivity contribution in [3.63, 3.8) is 0 Å². The van der Waals surface area contributed by atoms with Crippen LogP contribution in [0.15, 0.2) is 22.7 Å². The van der Waals surface area contributed by atoms with Crippen molar-refractivity contribution in [2.45, 2.75) is 32.4 Å². The molecule has 1 unspecified atom stereocenters. The summed E-state index contributed by atoms with van der Waals surface area (Å²) in [6, 6.07) is 7.23. The molecule has 1 saturated carbocycles. The van der Waals surface area contributed by atoms with Crippen molar-refractivity contribution < 1.29 is 4.74 Å². The smallest absolute Gasteiger partial charge is 0.0637 e. The molecule has 1 atom stereocenters. The number of hydrogen-bond acceptors (Lipinski definition) is 3. The number of rotatable bonds is 8. The van der Waals surface area contributed by atoms with E-state index in [9.17, 15) is 0 Å². The molecule has 1 fully saturated rings. The maximum absolute atomic E-state index is 5.28. The summed E-state index contributed by atoms with van der Waals surface area (Å²) < 4.78 is 6.45. The Morgan fingerprint density at radius 3 is 2.75 bits per heavy atom. The molecular weight excluding hydrogens is 316 g/mol. The van der Waals surface area contributed by atoms with Crippen LogP contribution in [-0.4, -0.2) is 33.4 Å². The second-order valence-electron chi connectivity index (χ2n) is 5.58. The molecule has 112 valence electrons. The molecule has 0 aliphatic heterocycles. The topological polar surface area (TPSA) is 24.5 Å². The Balaban J connectivity index is 2.18. The summed E-state index contributed by atoms with van der Waals surface area (Å²) in [5.41, 5.74) is 2.58. The summed E-state index contributed by atoms with van der Waals surface area (Å²) in [6.07, 6.45) is 2.72. The molecule has 3 nitrogen and oxygen atoms in total. The Hall–Kier alpha value is -0.580. The highest BCUT2D eigenvalue weighted by molar-refractivity contribution is 9.10. The van der Waals surface area contributed by atoms with Crippen molar-refractivity contribution >= 4 is 21.6 Å². The van der Waals surface area contributed by atoms with E-state index in [0.717, 1.165) is 25.6 Å². The molecule has 0 spiro atoms. The quantitative estimate of drug-likeness (QED) is 0.784. The zero-order chi connectivity index (χ0) is 14.5. The predicted octanol–water partition coefficient (Wildman–Crippen LogP) is 3.42. The maximum atomic E-state index is 5.28. The molecule has 0 heterocycles. The van der Waals surface area contributed by atoms with Gasteiger partial charge in [-0.3, -0.25) is 0 Å². The van der Waals surface area contributed by atoms with Gasteiger partial charge in [-0.2, -0.15) is 0 Å². The lowest BCUT2D eigenvalue weighted by Crippen LogP contribution is -2.37. The van der Waals surface area contributed by atoms with Crippen molar-refractivity contribution in [1.29, 1.82) is 0 Å². The van der Waals surface area contributed by atoms with Crippen LogP contribution in [0.3, 0.4) is 0 Å². The lowest BCUT2D eigenvalue weighted by Gasteiger charge is -2.32. The van der Waals surface area contributed by atoms with E-state index in [0.29, 0.717) is 6.04 Å². The van der Waals surface area contributed by atoms with Gasteiger partial charge in [-0.05, 0) is 66.4 Å². The average molecular weight is 341 g/mol. The van der Waals surface area contributed by atoms with Crippen LogP contribution in [0.2, 0.25) is 0 Å². The van der Waals surface area contributed by atoms with Crippen LogP contribution in [0.1, 0.15) is 25.3 Å². The largest absolute Gasteiger partial charge is 0.383 e. The van der Waals surface area contributed by atoms with Gasteiger partial charge >= 0.3 is 0 Å². The normalized spacial score (nSPS) is 16.2. The molecule has 4 heteroatoms. The van der Waals surface area contributed by atoms with Gasteiger partial charge in [0.25, 0.3) is 0 Å². The highest BCUT2D eigenvalue weighted by atomic mass is 79.9. The second-order valence-corrected chi connectivity index (χ2v) is 6.43. The van der Waals surface area contributed by atoms with Gasteiger partial charge in [-0.25, -0.2) is 0 Å². The van der Waals surface area contributed by atoms with E-state index in [1.54, 1.807) is 7.11 Å². The molecule has 0 amide bonds. The van der Waals surface area contributed by atoms with E-state index in [1.807, 2.05) is 7.05 Å². The van der Waals surface area contributed by atoms with Crippen LogP contribution in [0, 0.1) is 5.92 Å². The number of methoxy groups -OCH3 is 1. The van der Waals surface area contributed by atoms with E-state index < -0.39 is 0 Å². The first kappa shape index (κ1) is 15.8. The fourth-order valence-electron chi connectivity index (χ4n) is 2.66. The zero-order valence-corrected chi connectivity index (χ0v) is 14.2. The van der Waals surface area contributed by atoms with Gasteiger partial charge in [-0.1, -0.05) is 6.07 Å². The molecule has 20 heavy (non-hydrogen) atoms. The Morgan fingerprint density at radius 1 is 1.45 bits per heavy atom. The summed E-state index contributed by atoms with van der Waals surface area (Å²) in [4.78, 5) is 2.48.